The molecule has 1 saturated heterocycles. The number of hydrogen-bond donors (Lipinski definition) is 0. The van der Waals surface area contributed by atoms with E-state index >= 15 is 0 Å². The van der Waals surface area contributed by atoms with Gasteiger partial charge < -0.3 is 18.9 Å². The van der Waals surface area contributed by atoms with E-state index in [0.717, 1.165) is 11.1 Å². The summed E-state index contributed by atoms with van der Waals surface area (Å²) in [5.74, 6) is 2.17. The molecule has 0 radical (unpaired) electrons. The van der Waals surface area contributed by atoms with E-state index in [2.05, 4.69) is 10.1 Å². The van der Waals surface area contributed by atoms with Crippen LogP contribution in [0.1, 0.15) is 36.8 Å². The number of ether oxygens (including phenoxy) is 2. The van der Waals surface area contributed by atoms with Crippen LogP contribution in [0.25, 0.3) is 11.4 Å². The normalized spacial score (nSPS) is 17.4. The van der Waals surface area contributed by atoms with Crippen LogP contribution in [0, 0.1) is 0 Å². The molecule has 1 amide bonds. The van der Waals surface area contributed by atoms with E-state index in [4.69, 9.17) is 14.0 Å². The largest absolute Gasteiger partial charge is 0.497 e. The minimum atomic E-state index is -0.123. The van der Waals surface area contributed by atoms with Crippen LogP contribution in [0.2, 0.25) is 0 Å². The summed E-state index contributed by atoms with van der Waals surface area (Å²) in [5.41, 5.74) is 1.84. The average molecular weight is 393 g/mol. The monoisotopic (exact) mass is 393 g/mol. The Labute approximate surface area is 169 Å². The molecule has 150 valence electrons. The lowest BCUT2D eigenvalue weighted by molar-refractivity contribution is -0.129. The third-order valence-corrected chi connectivity index (χ3v) is 5.31. The minimum Gasteiger partial charge on any atom is -0.497 e. The summed E-state index contributed by atoms with van der Waals surface area (Å²) >= 11 is 0. The van der Waals surface area contributed by atoms with Gasteiger partial charge in [-0.2, -0.15) is 4.98 Å². The Morgan fingerprint density at radius 2 is 1.79 bits per heavy atom. The van der Waals surface area contributed by atoms with Crippen LogP contribution in [0.5, 0.6) is 11.5 Å². The second kappa shape index (κ2) is 7.95. The number of amides is 1. The number of methoxy groups -OCH3 is 2. The van der Waals surface area contributed by atoms with Crippen molar-refractivity contribution in [2.24, 2.45) is 0 Å². The van der Waals surface area contributed by atoms with E-state index in [-0.39, 0.29) is 17.9 Å². The zero-order valence-corrected chi connectivity index (χ0v) is 16.7. The third kappa shape index (κ3) is 3.81. The quantitative estimate of drug-likeness (QED) is 0.633. The van der Waals surface area contributed by atoms with Crippen molar-refractivity contribution in [3.05, 3.63) is 60.0 Å². The van der Waals surface area contributed by atoms with Gasteiger partial charge in [0.2, 0.25) is 17.6 Å². The fourth-order valence-corrected chi connectivity index (χ4v) is 3.64. The highest BCUT2D eigenvalue weighted by Gasteiger charge is 2.37. The second-order valence-corrected chi connectivity index (χ2v) is 7.09. The molecular weight excluding hydrogens is 370 g/mol. The Kier molecular flexibility index (Phi) is 5.20. The zero-order valence-electron chi connectivity index (χ0n) is 16.7. The number of carbonyl (C=O) groups is 1. The number of nitrogens with zero attached hydrogens (tertiary/aromatic N) is 3. The lowest BCUT2D eigenvalue weighted by Gasteiger charge is -2.24. The maximum atomic E-state index is 12.6. The molecule has 4 rings (SSSR count). The molecule has 0 saturated carbocycles. The van der Waals surface area contributed by atoms with Gasteiger partial charge in [0, 0.05) is 24.6 Å². The first kappa shape index (κ1) is 19.0. The highest BCUT2D eigenvalue weighted by molar-refractivity contribution is 5.80. The van der Waals surface area contributed by atoms with Gasteiger partial charge in [0.25, 0.3) is 0 Å². The average Bonchev–Trinajstić information content (AvgIpc) is 3.40. The molecule has 3 aromatic rings. The van der Waals surface area contributed by atoms with Crippen molar-refractivity contribution in [1.29, 1.82) is 0 Å². The summed E-state index contributed by atoms with van der Waals surface area (Å²) in [5, 5.41) is 4.11. The molecule has 1 fully saturated rings. The molecule has 1 aliphatic rings. The van der Waals surface area contributed by atoms with Gasteiger partial charge in [0.1, 0.15) is 11.5 Å². The molecule has 2 aromatic carbocycles. The van der Waals surface area contributed by atoms with Crippen LogP contribution in [0.15, 0.2) is 53.1 Å². The van der Waals surface area contributed by atoms with Crippen molar-refractivity contribution in [2.45, 2.75) is 25.3 Å². The van der Waals surface area contributed by atoms with Gasteiger partial charge in [-0.25, -0.2) is 0 Å². The molecule has 0 N–H and O–H groups in total. The van der Waals surface area contributed by atoms with E-state index < -0.39 is 0 Å². The minimum absolute atomic E-state index is 0.00117. The number of carbonyl (C=O) groups excluding carboxylic acids is 1. The maximum Gasteiger partial charge on any atom is 0.232 e. The Balaban J connectivity index is 1.54. The Hall–Kier alpha value is -3.35. The van der Waals surface area contributed by atoms with Crippen molar-refractivity contribution < 1.29 is 18.8 Å². The molecule has 29 heavy (non-hydrogen) atoms. The van der Waals surface area contributed by atoms with Crippen LogP contribution in [-0.4, -0.2) is 41.7 Å². The fraction of sp³-hybridized carbons (Fsp3) is 0.318. The lowest BCUT2D eigenvalue weighted by atomic mass is 10.1. The molecule has 2 unspecified atom stereocenters. The van der Waals surface area contributed by atoms with Crippen molar-refractivity contribution in [1.82, 2.24) is 15.0 Å². The molecule has 7 nitrogen and oxygen atoms in total. The molecule has 2 atom stereocenters. The van der Waals surface area contributed by atoms with E-state index in [0.29, 0.717) is 36.2 Å². The number of hydrogen-bond acceptors (Lipinski definition) is 6. The van der Waals surface area contributed by atoms with E-state index in [1.807, 2.05) is 54.3 Å². The first-order valence-electron chi connectivity index (χ1n) is 9.50. The van der Waals surface area contributed by atoms with E-state index in [1.165, 1.54) is 0 Å². The van der Waals surface area contributed by atoms with Gasteiger partial charge >= 0.3 is 0 Å². The smallest absolute Gasteiger partial charge is 0.232 e. The summed E-state index contributed by atoms with van der Waals surface area (Å²) in [6.07, 6.45) is 0.361. The first-order valence-corrected chi connectivity index (χ1v) is 9.50. The molecule has 0 bridgehead atoms. The topological polar surface area (TPSA) is 77.7 Å². The predicted octanol–water partition coefficient (Wildman–Crippen LogP) is 3.83. The van der Waals surface area contributed by atoms with Crippen molar-refractivity contribution in [2.75, 3.05) is 20.8 Å². The first-order chi connectivity index (χ1) is 14.1. The summed E-state index contributed by atoms with van der Waals surface area (Å²) in [6, 6.07) is 15.4. The maximum absolute atomic E-state index is 12.6. The third-order valence-electron chi connectivity index (χ3n) is 5.31. The number of aromatic nitrogens is 2. The Morgan fingerprint density at radius 1 is 1.10 bits per heavy atom. The van der Waals surface area contributed by atoms with Crippen LogP contribution in [0.3, 0.4) is 0 Å². The van der Waals surface area contributed by atoms with Crippen molar-refractivity contribution in [3.8, 4) is 22.9 Å². The van der Waals surface area contributed by atoms with Crippen LogP contribution < -0.4 is 9.47 Å². The van der Waals surface area contributed by atoms with Gasteiger partial charge in [-0.3, -0.25) is 4.79 Å². The summed E-state index contributed by atoms with van der Waals surface area (Å²) in [7, 11) is 3.18. The number of likely N-dealkylation sites (tertiary alicyclic amines) is 1. The number of rotatable bonds is 6. The SMILES string of the molecule is COc1cc(OC)cc(-c2noc(C3CC(=O)N(C(C)c4ccccc4)C3)n2)c1. The molecule has 0 aliphatic carbocycles. The Bertz CT molecular complexity index is 980. The summed E-state index contributed by atoms with van der Waals surface area (Å²) in [6.45, 7) is 2.59. The lowest BCUT2D eigenvalue weighted by Crippen LogP contribution is -2.28. The standard InChI is InChI=1S/C22H23N3O4/c1-14(15-7-5-4-6-8-15)25-13-17(11-20(25)26)22-23-21(24-29-22)16-9-18(27-2)12-19(10-16)28-3/h4-10,12,14,17H,11,13H2,1-3H3. The molecule has 1 aliphatic heterocycles. The van der Waals surface area contributed by atoms with Gasteiger partial charge in [-0.15, -0.1) is 0 Å². The van der Waals surface area contributed by atoms with Crippen LogP contribution in [-0.2, 0) is 4.79 Å². The molecule has 7 heteroatoms. The predicted molar refractivity (Wildman–Crippen MR) is 107 cm³/mol. The van der Waals surface area contributed by atoms with Gasteiger partial charge in [-0.05, 0) is 24.6 Å². The fourth-order valence-electron chi connectivity index (χ4n) is 3.64. The molecule has 1 aromatic heterocycles. The van der Waals surface area contributed by atoms with E-state index in [9.17, 15) is 4.79 Å². The summed E-state index contributed by atoms with van der Waals surface area (Å²) in [4.78, 5) is 19.0. The van der Waals surface area contributed by atoms with Crippen LogP contribution >= 0.6 is 0 Å². The molecule has 0 spiro atoms. The van der Waals surface area contributed by atoms with Gasteiger partial charge in [-0.1, -0.05) is 35.5 Å². The Morgan fingerprint density at radius 3 is 2.45 bits per heavy atom. The van der Waals surface area contributed by atoms with Gasteiger partial charge in [0.05, 0.1) is 26.2 Å². The highest BCUT2D eigenvalue weighted by atomic mass is 16.5. The van der Waals surface area contributed by atoms with E-state index in [1.54, 1.807) is 20.3 Å². The van der Waals surface area contributed by atoms with Crippen molar-refractivity contribution in [3.63, 3.8) is 0 Å². The molecular formula is C22H23N3O4. The number of benzene rings is 2. The van der Waals surface area contributed by atoms with Crippen LogP contribution in [0.4, 0.5) is 0 Å². The second-order valence-electron chi connectivity index (χ2n) is 7.09. The zero-order chi connectivity index (χ0) is 20.4. The van der Waals surface area contributed by atoms with Crippen molar-refractivity contribution >= 4 is 5.91 Å². The molecule has 2 heterocycles. The summed E-state index contributed by atoms with van der Waals surface area (Å²) < 4.78 is 16.1. The highest BCUT2D eigenvalue weighted by Crippen LogP contribution is 2.35. The van der Waals surface area contributed by atoms with Gasteiger partial charge in [0.15, 0.2) is 0 Å².